The highest BCUT2D eigenvalue weighted by Gasteiger charge is 2.38. The van der Waals surface area contributed by atoms with Crippen molar-refractivity contribution >= 4 is 23.2 Å². The fraction of sp³-hybridized carbons (Fsp3) is 0.462. The molecular weight excluding hydrogens is 238 g/mol. The van der Waals surface area contributed by atoms with E-state index in [2.05, 4.69) is 5.32 Å². The van der Waals surface area contributed by atoms with E-state index in [9.17, 15) is 9.90 Å². The average molecular weight is 254 g/mol. The topological polar surface area (TPSA) is 49.3 Å². The molecule has 3 nitrogen and oxygen atoms in total. The molecule has 1 aliphatic rings. The van der Waals surface area contributed by atoms with Crippen molar-refractivity contribution in [2.75, 3.05) is 5.32 Å². The number of rotatable bonds is 2. The second-order valence-electron chi connectivity index (χ2n) is 4.68. The number of aliphatic hydroxyl groups is 1. The molecule has 0 unspecified atom stereocenters. The minimum absolute atomic E-state index is 0.345. The molecule has 92 valence electrons. The minimum atomic E-state index is -1.22. The van der Waals surface area contributed by atoms with E-state index in [0.717, 1.165) is 18.4 Å². The molecule has 0 bridgehead atoms. The molecule has 0 spiro atoms. The van der Waals surface area contributed by atoms with Crippen LogP contribution in [0.3, 0.4) is 0 Å². The van der Waals surface area contributed by atoms with Crippen LogP contribution in [-0.4, -0.2) is 16.6 Å². The van der Waals surface area contributed by atoms with Gasteiger partial charge in [-0.1, -0.05) is 17.7 Å². The number of carbonyl (C=O) groups excluding carboxylic acids is 1. The predicted octanol–water partition coefficient (Wildman–Crippen LogP) is 2.89. The number of nitrogens with one attached hydrogen (secondary N) is 1. The molecule has 0 aliphatic heterocycles. The molecule has 2 N–H and O–H groups in total. The summed E-state index contributed by atoms with van der Waals surface area (Å²) >= 11 is 6.00. The van der Waals surface area contributed by atoms with E-state index in [4.69, 9.17) is 11.6 Å². The normalized spacial score (nSPS) is 18.1. The fourth-order valence-corrected chi connectivity index (χ4v) is 2.33. The number of hydrogen-bond acceptors (Lipinski definition) is 2. The Labute approximate surface area is 106 Å². The summed E-state index contributed by atoms with van der Waals surface area (Å²) in [6.07, 6.45) is 2.85. The molecule has 0 aromatic heterocycles. The van der Waals surface area contributed by atoms with Gasteiger partial charge in [-0.15, -0.1) is 0 Å². The van der Waals surface area contributed by atoms with Gasteiger partial charge >= 0.3 is 0 Å². The first-order chi connectivity index (χ1) is 8.01. The Hall–Kier alpha value is -1.06. The van der Waals surface area contributed by atoms with Crippen LogP contribution >= 0.6 is 11.6 Å². The molecule has 1 aliphatic carbocycles. The third kappa shape index (κ3) is 2.61. The van der Waals surface area contributed by atoms with Crippen molar-refractivity contribution in [3.63, 3.8) is 0 Å². The zero-order chi connectivity index (χ0) is 12.5. The second kappa shape index (κ2) is 4.67. The van der Waals surface area contributed by atoms with Gasteiger partial charge in [0.15, 0.2) is 0 Å². The van der Waals surface area contributed by atoms with E-state index < -0.39 is 5.60 Å². The maximum absolute atomic E-state index is 12.0. The third-order valence-corrected chi connectivity index (χ3v) is 3.55. The van der Waals surface area contributed by atoms with Crippen molar-refractivity contribution in [1.82, 2.24) is 0 Å². The monoisotopic (exact) mass is 253 g/mol. The highest BCUT2D eigenvalue weighted by atomic mass is 35.5. The lowest BCUT2D eigenvalue weighted by Gasteiger charge is -2.21. The van der Waals surface area contributed by atoms with Gasteiger partial charge in [-0.05, 0) is 50.3 Å². The SMILES string of the molecule is Cc1ccc(Cl)c(NC(=O)C2(O)CCCC2)c1. The van der Waals surface area contributed by atoms with E-state index in [0.29, 0.717) is 23.6 Å². The number of carbonyl (C=O) groups is 1. The molecule has 0 heterocycles. The van der Waals surface area contributed by atoms with E-state index in [-0.39, 0.29) is 5.91 Å². The van der Waals surface area contributed by atoms with Gasteiger partial charge in [-0.2, -0.15) is 0 Å². The largest absolute Gasteiger partial charge is 0.380 e. The van der Waals surface area contributed by atoms with Crippen LogP contribution in [-0.2, 0) is 4.79 Å². The summed E-state index contributed by atoms with van der Waals surface area (Å²) < 4.78 is 0. The van der Waals surface area contributed by atoms with Crippen molar-refractivity contribution < 1.29 is 9.90 Å². The van der Waals surface area contributed by atoms with Crippen LogP contribution < -0.4 is 5.32 Å². The van der Waals surface area contributed by atoms with Gasteiger partial charge in [0, 0.05) is 0 Å². The van der Waals surface area contributed by atoms with Crippen LogP contribution in [0.2, 0.25) is 5.02 Å². The second-order valence-corrected chi connectivity index (χ2v) is 5.08. The fourth-order valence-electron chi connectivity index (χ4n) is 2.16. The van der Waals surface area contributed by atoms with E-state index in [1.54, 1.807) is 12.1 Å². The molecule has 17 heavy (non-hydrogen) atoms. The molecule has 4 heteroatoms. The van der Waals surface area contributed by atoms with E-state index >= 15 is 0 Å². The summed E-state index contributed by atoms with van der Waals surface area (Å²) in [5, 5.41) is 13.3. The Morgan fingerprint density at radius 1 is 1.41 bits per heavy atom. The Morgan fingerprint density at radius 3 is 2.71 bits per heavy atom. The van der Waals surface area contributed by atoms with Crippen molar-refractivity contribution in [2.45, 2.75) is 38.2 Å². The maximum Gasteiger partial charge on any atom is 0.256 e. The minimum Gasteiger partial charge on any atom is -0.380 e. The van der Waals surface area contributed by atoms with Crippen molar-refractivity contribution in [2.24, 2.45) is 0 Å². The van der Waals surface area contributed by atoms with Gasteiger partial charge < -0.3 is 10.4 Å². The van der Waals surface area contributed by atoms with Crippen molar-refractivity contribution in [1.29, 1.82) is 0 Å². The summed E-state index contributed by atoms with van der Waals surface area (Å²) in [4.78, 5) is 12.0. The Bertz CT molecular complexity index is 439. The van der Waals surface area contributed by atoms with Gasteiger partial charge in [0.25, 0.3) is 5.91 Å². The Morgan fingerprint density at radius 2 is 2.06 bits per heavy atom. The smallest absolute Gasteiger partial charge is 0.256 e. The summed E-state index contributed by atoms with van der Waals surface area (Å²) in [7, 11) is 0. The zero-order valence-corrected chi connectivity index (χ0v) is 10.5. The number of benzene rings is 1. The maximum atomic E-state index is 12.0. The third-order valence-electron chi connectivity index (χ3n) is 3.22. The molecule has 0 atom stereocenters. The van der Waals surface area contributed by atoms with Crippen LogP contribution in [0, 0.1) is 6.92 Å². The molecule has 1 aromatic rings. The van der Waals surface area contributed by atoms with Crippen LogP contribution in [0.15, 0.2) is 18.2 Å². The van der Waals surface area contributed by atoms with Gasteiger partial charge in [-0.3, -0.25) is 4.79 Å². The van der Waals surface area contributed by atoms with Gasteiger partial charge in [0.2, 0.25) is 0 Å². The predicted molar refractivity (Wildman–Crippen MR) is 68.2 cm³/mol. The lowest BCUT2D eigenvalue weighted by molar-refractivity contribution is -0.133. The number of amides is 1. The van der Waals surface area contributed by atoms with Crippen LogP contribution in [0.4, 0.5) is 5.69 Å². The summed E-state index contributed by atoms with van der Waals surface area (Å²) in [6.45, 7) is 1.93. The Balaban J connectivity index is 2.15. The lowest BCUT2D eigenvalue weighted by Crippen LogP contribution is -2.40. The van der Waals surface area contributed by atoms with Gasteiger partial charge in [-0.25, -0.2) is 0 Å². The number of anilines is 1. The van der Waals surface area contributed by atoms with Crippen LogP contribution in [0.1, 0.15) is 31.2 Å². The zero-order valence-electron chi connectivity index (χ0n) is 9.79. The molecular formula is C13H16ClNO2. The first-order valence-corrected chi connectivity index (χ1v) is 6.19. The summed E-state index contributed by atoms with van der Waals surface area (Å²) in [6, 6.07) is 5.42. The molecule has 0 radical (unpaired) electrons. The van der Waals surface area contributed by atoms with E-state index in [1.165, 1.54) is 0 Å². The van der Waals surface area contributed by atoms with Crippen molar-refractivity contribution in [3.8, 4) is 0 Å². The molecule has 1 fully saturated rings. The first-order valence-electron chi connectivity index (χ1n) is 5.81. The standard InChI is InChI=1S/C13H16ClNO2/c1-9-4-5-10(14)11(8-9)15-12(16)13(17)6-2-3-7-13/h4-5,8,17H,2-3,6-7H2,1H3,(H,15,16). The molecule has 1 aromatic carbocycles. The number of aryl methyl sites for hydroxylation is 1. The highest BCUT2D eigenvalue weighted by molar-refractivity contribution is 6.33. The summed E-state index contributed by atoms with van der Waals surface area (Å²) in [5.41, 5.74) is 0.368. The van der Waals surface area contributed by atoms with Crippen molar-refractivity contribution in [3.05, 3.63) is 28.8 Å². The highest BCUT2D eigenvalue weighted by Crippen LogP contribution is 2.31. The molecule has 1 saturated carbocycles. The van der Waals surface area contributed by atoms with Gasteiger partial charge in [0.1, 0.15) is 5.60 Å². The van der Waals surface area contributed by atoms with Gasteiger partial charge in [0.05, 0.1) is 10.7 Å². The molecule has 1 amide bonds. The first kappa shape index (κ1) is 12.4. The number of hydrogen-bond donors (Lipinski definition) is 2. The average Bonchev–Trinajstić information content (AvgIpc) is 2.72. The summed E-state index contributed by atoms with van der Waals surface area (Å²) in [5.74, 6) is -0.345. The van der Waals surface area contributed by atoms with Crippen LogP contribution in [0.5, 0.6) is 0 Å². The lowest BCUT2D eigenvalue weighted by atomic mass is 10.0. The van der Waals surface area contributed by atoms with Crippen LogP contribution in [0.25, 0.3) is 0 Å². The number of halogens is 1. The molecule has 2 rings (SSSR count). The molecule has 0 saturated heterocycles. The quantitative estimate of drug-likeness (QED) is 0.852. The van der Waals surface area contributed by atoms with E-state index in [1.807, 2.05) is 13.0 Å². The Kier molecular flexibility index (Phi) is 3.40.